The van der Waals surface area contributed by atoms with E-state index in [4.69, 9.17) is 4.74 Å². The summed E-state index contributed by atoms with van der Waals surface area (Å²) >= 11 is 0. The minimum atomic E-state index is 0.627. The molecule has 116 valence electrons. The molecule has 0 radical (unpaired) electrons. The molecule has 2 aliphatic rings. The third-order valence-corrected chi connectivity index (χ3v) is 4.23. The van der Waals surface area contributed by atoms with E-state index < -0.39 is 0 Å². The van der Waals surface area contributed by atoms with Crippen LogP contribution in [0.25, 0.3) is 0 Å². The van der Waals surface area contributed by atoms with E-state index in [1.807, 2.05) is 7.05 Å². The molecule has 2 heterocycles. The zero-order valence-corrected chi connectivity index (χ0v) is 12.9. The normalized spacial score (nSPS) is 19.2. The molecule has 1 N–H and O–H groups in total. The Labute approximate surface area is 125 Å². The van der Waals surface area contributed by atoms with Gasteiger partial charge in [-0.2, -0.15) is 15.0 Å². The van der Waals surface area contributed by atoms with Crippen molar-refractivity contribution in [2.24, 2.45) is 5.92 Å². The van der Waals surface area contributed by atoms with Gasteiger partial charge in [0.15, 0.2) is 0 Å². The first kappa shape index (κ1) is 14.3. The predicted molar refractivity (Wildman–Crippen MR) is 83.0 cm³/mol. The zero-order valence-electron chi connectivity index (χ0n) is 12.9. The molecule has 1 saturated heterocycles. The smallest absolute Gasteiger partial charge is 0.232 e. The molecule has 0 aromatic carbocycles. The Kier molecular flexibility index (Phi) is 4.38. The molecular formula is C14H24N6O. The van der Waals surface area contributed by atoms with Crippen LogP contribution in [0.1, 0.15) is 19.3 Å². The van der Waals surface area contributed by atoms with Crippen molar-refractivity contribution in [2.45, 2.75) is 19.3 Å². The maximum absolute atomic E-state index is 5.39. The van der Waals surface area contributed by atoms with Crippen LogP contribution in [0.3, 0.4) is 0 Å². The van der Waals surface area contributed by atoms with Crippen LogP contribution in [0, 0.1) is 5.92 Å². The number of nitrogens with zero attached hydrogens (tertiary/aromatic N) is 5. The summed E-state index contributed by atoms with van der Waals surface area (Å²) < 4.78 is 5.39. The van der Waals surface area contributed by atoms with Crippen molar-refractivity contribution in [3.8, 4) is 0 Å². The number of ether oxygens (including phenoxy) is 1. The number of aromatic nitrogens is 3. The lowest BCUT2D eigenvalue weighted by molar-refractivity contribution is 0.122. The number of anilines is 3. The highest BCUT2D eigenvalue weighted by atomic mass is 16.5. The lowest BCUT2D eigenvalue weighted by atomic mass is 9.85. The Hall–Kier alpha value is -1.63. The lowest BCUT2D eigenvalue weighted by Crippen LogP contribution is -2.38. The van der Waals surface area contributed by atoms with Crippen molar-refractivity contribution in [3.63, 3.8) is 0 Å². The van der Waals surface area contributed by atoms with Gasteiger partial charge in [0.25, 0.3) is 0 Å². The van der Waals surface area contributed by atoms with E-state index >= 15 is 0 Å². The fourth-order valence-electron chi connectivity index (χ4n) is 2.69. The molecule has 0 spiro atoms. The van der Waals surface area contributed by atoms with Crippen LogP contribution in [0.2, 0.25) is 0 Å². The summed E-state index contributed by atoms with van der Waals surface area (Å²) in [6, 6.07) is 0. The number of hydrogen-bond donors (Lipinski definition) is 1. The SMILES string of the molecule is CNc1nc(N(C)CC2CCC2)nc(N2CCOCC2)n1. The highest BCUT2D eigenvalue weighted by Crippen LogP contribution is 2.28. The van der Waals surface area contributed by atoms with Gasteiger partial charge < -0.3 is 19.9 Å². The maximum Gasteiger partial charge on any atom is 0.232 e. The van der Waals surface area contributed by atoms with Crippen molar-refractivity contribution >= 4 is 17.8 Å². The van der Waals surface area contributed by atoms with Crippen LogP contribution < -0.4 is 15.1 Å². The van der Waals surface area contributed by atoms with Gasteiger partial charge in [-0.1, -0.05) is 6.42 Å². The van der Waals surface area contributed by atoms with Gasteiger partial charge in [0.1, 0.15) is 0 Å². The van der Waals surface area contributed by atoms with Crippen LogP contribution in [0.5, 0.6) is 0 Å². The molecule has 7 nitrogen and oxygen atoms in total. The Morgan fingerprint density at radius 2 is 2.00 bits per heavy atom. The van der Waals surface area contributed by atoms with E-state index in [1.54, 1.807) is 0 Å². The summed E-state index contributed by atoms with van der Waals surface area (Å²) in [5.41, 5.74) is 0. The fraction of sp³-hybridized carbons (Fsp3) is 0.786. The number of nitrogens with one attached hydrogen (secondary N) is 1. The van der Waals surface area contributed by atoms with E-state index in [1.165, 1.54) is 19.3 Å². The molecule has 21 heavy (non-hydrogen) atoms. The number of hydrogen-bond acceptors (Lipinski definition) is 7. The Morgan fingerprint density at radius 1 is 1.24 bits per heavy atom. The molecule has 1 saturated carbocycles. The van der Waals surface area contributed by atoms with E-state index in [0.29, 0.717) is 5.95 Å². The minimum Gasteiger partial charge on any atom is -0.378 e. The predicted octanol–water partition coefficient (Wildman–Crippen LogP) is 0.986. The fourth-order valence-corrected chi connectivity index (χ4v) is 2.69. The topological polar surface area (TPSA) is 66.4 Å². The summed E-state index contributed by atoms with van der Waals surface area (Å²) in [6.45, 7) is 4.15. The lowest BCUT2D eigenvalue weighted by Gasteiger charge is -2.31. The molecule has 1 aliphatic heterocycles. The van der Waals surface area contributed by atoms with E-state index in [-0.39, 0.29) is 0 Å². The van der Waals surface area contributed by atoms with Gasteiger partial charge in [0, 0.05) is 33.7 Å². The van der Waals surface area contributed by atoms with Gasteiger partial charge >= 0.3 is 0 Å². The van der Waals surface area contributed by atoms with Gasteiger partial charge in [-0.3, -0.25) is 0 Å². The average molecular weight is 292 g/mol. The summed E-state index contributed by atoms with van der Waals surface area (Å²) in [7, 11) is 3.91. The monoisotopic (exact) mass is 292 g/mol. The molecule has 1 aliphatic carbocycles. The third kappa shape index (κ3) is 3.34. The average Bonchev–Trinajstić information content (AvgIpc) is 2.51. The molecule has 1 aromatic heterocycles. The summed E-state index contributed by atoms with van der Waals surface area (Å²) in [5.74, 6) is 2.91. The molecule has 1 aromatic rings. The van der Waals surface area contributed by atoms with Gasteiger partial charge in [-0.15, -0.1) is 0 Å². The summed E-state index contributed by atoms with van der Waals surface area (Å²) in [6.07, 6.45) is 4.01. The second-order valence-corrected chi connectivity index (χ2v) is 5.79. The third-order valence-electron chi connectivity index (χ3n) is 4.23. The van der Waals surface area contributed by atoms with Crippen molar-refractivity contribution in [1.82, 2.24) is 15.0 Å². The summed E-state index contributed by atoms with van der Waals surface area (Å²) in [4.78, 5) is 17.9. The first-order chi connectivity index (χ1) is 10.3. The number of rotatable bonds is 5. The first-order valence-corrected chi connectivity index (χ1v) is 7.74. The minimum absolute atomic E-state index is 0.627. The van der Waals surface area contributed by atoms with Crippen LogP contribution in [0.4, 0.5) is 17.8 Å². The van der Waals surface area contributed by atoms with Crippen LogP contribution >= 0.6 is 0 Å². The molecule has 0 atom stereocenters. The Balaban J connectivity index is 1.77. The molecule has 0 unspecified atom stereocenters. The highest BCUT2D eigenvalue weighted by molar-refractivity contribution is 5.45. The molecule has 0 amide bonds. The van der Waals surface area contributed by atoms with E-state index in [9.17, 15) is 0 Å². The van der Waals surface area contributed by atoms with Gasteiger partial charge in [-0.25, -0.2) is 0 Å². The highest BCUT2D eigenvalue weighted by Gasteiger charge is 2.22. The van der Waals surface area contributed by atoms with Crippen LogP contribution in [0.15, 0.2) is 0 Å². The van der Waals surface area contributed by atoms with Gasteiger partial charge in [-0.05, 0) is 18.8 Å². The first-order valence-electron chi connectivity index (χ1n) is 7.74. The largest absolute Gasteiger partial charge is 0.378 e. The zero-order chi connectivity index (χ0) is 14.7. The second-order valence-electron chi connectivity index (χ2n) is 5.79. The Morgan fingerprint density at radius 3 is 2.62 bits per heavy atom. The van der Waals surface area contributed by atoms with Crippen molar-refractivity contribution in [1.29, 1.82) is 0 Å². The number of morpholine rings is 1. The molecule has 3 rings (SSSR count). The summed E-state index contributed by atoms with van der Waals surface area (Å²) in [5, 5.41) is 3.04. The van der Waals surface area contributed by atoms with Crippen LogP contribution in [-0.2, 0) is 4.74 Å². The van der Waals surface area contributed by atoms with E-state index in [2.05, 4.69) is 37.1 Å². The van der Waals surface area contributed by atoms with Crippen molar-refractivity contribution in [3.05, 3.63) is 0 Å². The second kappa shape index (κ2) is 6.43. The van der Waals surface area contributed by atoms with Crippen molar-refractivity contribution < 1.29 is 4.74 Å². The Bertz CT molecular complexity index is 473. The quantitative estimate of drug-likeness (QED) is 0.868. The molecule has 0 bridgehead atoms. The molecule has 7 heteroatoms. The van der Waals surface area contributed by atoms with Crippen LogP contribution in [-0.4, -0.2) is 61.9 Å². The standard InChI is InChI=1S/C14H24N6O/c1-15-12-16-13(19(2)10-11-4-3-5-11)18-14(17-12)20-6-8-21-9-7-20/h11H,3-10H2,1-2H3,(H,15,16,17,18). The van der Waals surface area contributed by atoms with E-state index in [0.717, 1.165) is 50.7 Å². The molecular weight excluding hydrogens is 268 g/mol. The van der Waals surface area contributed by atoms with Crippen molar-refractivity contribution in [2.75, 3.05) is 62.1 Å². The van der Waals surface area contributed by atoms with Gasteiger partial charge in [0.2, 0.25) is 17.8 Å². The maximum atomic E-state index is 5.39. The van der Waals surface area contributed by atoms with Gasteiger partial charge in [0.05, 0.1) is 13.2 Å². The molecule has 2 fully saturated rings.